The molecule has 2 aromatic rings. The molecule has 0 aromatic heterocycles. The molecule has 2 rings (SSSR count). The predicted molar refractivity (Wildman–Crippen MR) is 86.1 cm³/mol. The Hall–Kier alpha value is -2.00. The van der Waals surface area contributed by atoms with Crippen molar-refractivity contribution in [3.63, 3.8) is 0 Å². The van der Waals surface area contributed by atoms with Gasteiger partial charge in [0.1, 0.15) is 5.75 Å². The van der Waals surface area contributed by atoms with Crippen LogP contribution in [0.2, 0.25) is 5.02 Å². The molecule has 0 aliphatic carbocycles. The average molecular weight is 304 g/mol. The normalized spacial score (nSPS) is 10.4. The van der Waals surface area contributed by atoms with Gasteiger partial charge in [0.15, 0.2) is 0 Å². The van der Waals surface area contributed by atoms with Crippen molar-refractivity contribution >= 4 is 23.2 Å². The summed E-state index contributed by atoms with van der Waals surface area (Å²) in [5.41, 5.74) is 1.04. The molecule has 110 valence electrons. The number of benzene rings is 2. The Morgan fingerprint density at radius 3 is 2.57 bits per heavy atom. The quantitative estimate of drug-likeness (QED) is 0.884. The Morgan fingerprint density at radius 1 is 1.19 bits per heavy atom. The number of aromatic hydroxyl groups is 1. The van der Waals surface area contributed by atoms with Gasteiger partial charge >= 0.3 is 0 Å². The number of halogens is 1. The second-order valence-corrected chi connectivity index (χ2v) is 5.24. The lowest BCUT2D eigenvalue weighted by Crippen LogP contribution is -2.31. The van der Waals surface area contributed by atoms with E-state index in [1.54, 1.807) is 11.0 Å². The molecule has 0 atom stereocenters. The lowest BCUT2D eigenvalue weighted by atomic mass is 10.1. The second-order valence-electron chi connectivity index (χ2n) is 4.81. The third-order valence-corrected chi connectivity index (χ3v) is 3.47. The van der Waals surface area contributed by atoms with E-state index in [1.807, 2.05) is 30.3 Å². The molecule has 0 saturated carbocycles. The summed E-state index contributed by atoms with van der Waals surface area (Å²) >= 11 is 5.93. The van der Waals surface area contributed by atoms with Crippen molar-refractivity contribution in [1.29, 1.82) is 0 Å². The molecule has 2 aromatic carbocycles. The summed E-state index contributed by atoms with van der Waals surface area (Å²) in [4.78, 5) is 14.4. The van der Waals surface area contributed by atoms with E-state index in [-0.39, 0.29) is 17.2 Å². The lowest BCUT2D eigenvalue weighted by Gasteiger charge is -2.23. The smallest absolute Gasteiger partial charge is 0.262 e. The zero-order chi connectivity index (χ0) is 15.2. The van der Waals surface area contributed by atoms with Crippen molar-refractivity contribution in [1.82, 2.24) is 0 Å². The Labute approximate surface area is 129 Å². The molecule has 0 unspecified atom stereocenters. The van der Waals surface area contributed by atoms with Gasteiger partial charge in [0.2, 0.25) is 0 Å². The van der Waals surface area contributed by atoms with Crippen LogP contribution in [0.15, 0.2) is 48.5 Å². The van der Waals surface area contributed by atoms with Crippen LogP contribution < -0.4 is 4.90 Å². The van der Waals surface area contributed by atoms with Crippen molar-refractivity contribution in [2.45, 2.75) is 19.8 Å². The number of unbranched alkanes of at least 4 members (excludes halogenated alkanes) is 1. The van der Waals surface area contributed by atoms with Crippen molar-refractivity contribution in [2.24, 2.45) is 0 Å². The highest BCUT2D eigenvalue weighted by atomic mass is 35.5. The molecule has 0 heterocycles. The summed E-state index contributed by atoms with van der Waals surface area (Å²) in [5.74, 6) is -0.295. The summed E-state index contributed by atoms with van der Waals surface area (Å²) in [6.07, 6.45) is 1.88. The summed E-state index contributed by atoms with van der Waals surface area (Å²) in [5, 5.41) is 10.4. The number of nitrogens with zero attached hydrogens (tertiary/aromatic N) is 1. The Kier molecular flexibility index (Phi) is 5.23. The molecule has 0 bridgehead atoms. The molecule has 0 radical (unpaired) electrons. The topological polar surface area (TPSA) is 40.5 Å². The summed E-state index contributed by atoms with van der Waals surface area (Å²) < 4.78 is 0. The summed E-state index contributed by atoms with van der Waals surface area (Å²) in [6, 6.07) is 14.0. The molecular weight excluding hydrogens is 286 g/mol. The van der Waals surface area contributed by atoms with Gasteiger partial charge in [0, 0.05) is 17.3 Å². The van der Waals surface area contributed by atoms with E-state index in [4.69, 9.17) is 11.6 Å². The second kappa shape index (κ2) is 7.14. The Balaban J connectivity index is 2.36. The van der Waals surface area contributed by atoms with Crippen LogP contribution in [0.3, 0.4) is 0 Å². The first-order chi connectivity index (χ1) is 10.1. The number of anilines is 1. The van der Waals surface area contributed by atoms with Gasteiger partial charge in [0.05, 0.1) is 5.56 Å². The molecule has 0 fully saturated rings. The summed E-state index contributed by atoms with van der Waals surface area (Å²) in [6.45, 7) is 2.68. The number of carbonyl (C=O) groups is 1. The van der Waals surface area contributed by atoms with Crippen LogP contribution in [0.4, 0.5) is 5.69 Å². The van der Waals surface area contributed by atoms with Crippen LogP contribution in [-0.4, -0.2) is 17.6 Å². The SMILES string of the molecule is CCCCN(C(=O)c1cc(Cl)ccc1O)c1ccccc1. The highest BCUT2D eigenvalue weighted by Gasteiger charge is 2.20. The average Bonchev–Trinajstić information content (AvgIpc) is 2.51. The van der Waals surface area contributed by atoms with Gasteiger partial charge in [-0.05, 0) is 36.8 Å². The lowest BCUT2D eigenvalue weighted by molar-refractivity contribution is 0.0984. The number of amides is 1. The largest absolute Gasteiger partial charge is 0.507 e. The van der Waals surface area contributed by atoms with Crippen molar-refractivity contribution < 1.29 is 9.90 Å². The molecular formula is C17H18ClNO2. The molecule has 1 amide bonds. The van der Waals surface area contributed by atoms with Crippen LogP contribution in [0.1, 0.15) is 30.1 Å². The monoisotopic (exact) mass is 303 g/mol. The van der Waals surface area contributed by atoms with Gasteiger partial charge in [-0.1, -0.05) is 43.1 Å². The highest BCUT2D eigenvalue weighted by molar-refractivity contribution is 6.31. The van der Waals surface area contributed by atoms with E-state index >= 15 is 0 Å². The Bertz CT molecular complexity index is 613. The van der Waals surface area contributed by atoms with Crippen LogP contribution in [-0.2, 0) is 0 Å². The van der Waals surface area contributed by atoms with Crippen molar-refractivity contribution in [3.8, 4) is 5.75 Å². The van der Waals surface area contributed by atoms with Crippen LogP contribution >= 0.6 is 11.6 Å². The van der Waals surface area contributed by atoms with E-state index < -0.39 is 0 Å². The van der Waals surface area contributed by atoms with Crippen molar-refractivity contribution in [2.75, 3.05) is 11.4 Å². The zero-order valence-electron chi connectivity index (χ0n) is 11.9. The van der Waals surface area contributed by atoms with Gasteiger partial charge in [-0.3, -0.25) is 4.79 Å². The molecule has 4 heteroatoms. The minimum Gasteiger partial charge on any atom is -0.507 e. The fourth-order valence-corrected chi connectivity index (χ4v) is 2.27. The van der Waals surface area contributed by atoms with E-state index in [1.165, 1.54) is 12.1 Å². The maximum absolute atomic E-state index is 12.7. The van der Waals surface area contributed by atoms with E-state index in [2.05, 4.69) is 6.92 Å². The minimum atomic E-state index is -0.241. The van der Waals surface area contributed by atoms with Gasteiger partial charge in [-0.15, -0.1) is 0 Å². The molecule has 0 saturated heterocycles. The van der Waals surface area contributed by atoms with Crippen molar-refractivity contribution in [3.05, 3.63) is 59.1 Å². The number of phenolic OH excluding ortho intramolecular Hbond substituents is 1. The molecule has 3 nitrogen and oxygen atoms in total. The van der Waals surface area contributed by atoms with E-state index in [9.17, 15) is 9.90 Å². The maximum Gasteiger partial charge on any atom is 0.262 e. The Morgan fingerprint density at radius 2 is 1.90 bits per heavy atom. The number of hydrogen-bond acceptors (Lipinski definition) is 2. The number of rotatable bonds is 5. The van der Waals surface area contributed by atoms with Crippen LogP contribution in [0, 0.1) is 0 Å². The predicted octanol–water partition coefficient (Wildman–Crippen LogP) is 4.49. The number of carbonyl (C=O) groups excluding carboxylic acids is 1. The number of para-hydroxylation sites is 1. The molecule has 0 aliphatic rings. The van der Waals surface area contributed by atoms with Crippen LogP contribution in [0.5, 0.6) is 5.75 Å². The molecule has 0 aliphatic heterocycles. The van der Waals surface area contributed by atoms with Gasteiger partial charge in [-0.25, -0.2) is 0 Å². The number of phenols is 1. The molecule has 0 spiro atoms. The van der Waals surface area contributed by atoms with E-state index in [0.29, 0.717) is 11.6 Å². The highest BCUT2D eigenvalue weighted by Crippen LogP contribution is 2.25. The standard InChI is InChI=1S/C17H18ClNO2/c1-2-3-11-19(14-7-5-4-6-8-14)17(21)15-12-13(18)9-10-16(15)20/h4-10,12,20H,2-3,11H2,1H3. The number of hydrogen-bond donors (Lipinski definition) is 1. The summed E-state index contributed by atoms with van der Waals surface area (Å²) in [7, 11) is 0. The fourth-order valence-electron chi connectivity index (χ4n) is 2.10. The first kappa shape index (κ1) is 15.4. The fraction of sp³-hybridized carbons (Fsp3) is 0.235. The third-order valence-electron chi connectivity index (χ3n) is 3.24. The maximum atomic E-state index is 12.7. The molecule has 1 N–H and O–H groups in total. The van der Waals surface area contributed by atoms with Gasteiger partial charge in [-0.2, -0.15) is 0 Å². The third kappa shape index (κ3) is 3.76. The van der Waals surface area contributed by atoms with Gasteiger partial charge < -0.3 is 10.0 Å². The molecule has 21 heavy (non-hydrogen) atoms. The zero-order valence-corrected chi connectivity index (χ0v) is 12.7. The first-order valence-corrected chi connectivity index (χ1v) is 7.36. The van der Waals surface area contributed by atoms with E-state index in [0.717, 1.165) is 18.5 Å². The van der Waals surface area contributed by atoms with Gasteiger partial charge in [0.25, 0.3) is 5.91 Å². The minimum absolute atomic E-state index is 0.0539. The first-order valence-electron chi connectivity index (χ1n) is 6.99. The van der Waals surface area contributed by atoms with Crippen LogP contribution in [0.25, 0.3) is 0 Å².